The van der Waals surface area contributed by atoms with E-state index < -0.39 is 5.97 Å². The number of aliphatic hydroxyl groups excluding tert-OH is 2. The van der Waals surface area contributed by atoms with E-state index in [1.54, 1.807) is 19.2 Å². The van der Waals surface area contributed by atoms with Gasteiger partial charge in [0.1, 0.15) is 17.7 Å². The highest BCUT2D eigenvalue weighted by Gasteiger charge is 2.13. The van der Waals surface area contributed by atoms with Crippen molar-refractivity contribution in [2.24, 2.45) is 0 Å². The zero-order chi connectivity index (χ0) is 26.8. The van der Waals surface area contributed by atoms with Crippen LogP contribution in [0.5, 0.6) is 5.75 Å². The molecule has 198 valence electrons. The maximum Gasteiger partial charge on any atom is 0.338 e. The van der Waals surface area contributed by atoms with Crippen molar-refractivity contribution < 1.29 is 28.9 Å². The molecule has 2 N–H and O–H groups in total. The van der Waals surface area contributed by atoms with Crippen LogP contribution in [0, 0.1) is 6.92 Å². The lowest BCUT2D eigenvalue weighted by atomic mass is 10.0. The van der Waals surface area contributed by atoms with Crippen molar-refractivity contribution in [1.82, 2.24) is 4.98 Å². The molecule has 2 aromatic carbocycles. The molecule has 0 unspecified atom stereocenters. The van der Waals surface area contributed by atoms with E-state index in [1.165, 1.54) is 51.9 Å². The number of carbonyl (C=O) groups is 1. The van der Waals surface area contributed by atoms with Crippen LogP contribution in [0.25, 0.3) is 11.5 Å². The fourth-order valence-corrected chi connectivity index (χ4v) is 3.58. The van der Waals surface area contributed by atoms with E-state index in [-0.39, 0.29) is 13.2 Å². The van der Waals surface area contributed by atoms with E-state index in [0.29, 0.717) is 22.7 Å². The second kappa shape index (κ2) is 18.2. The lowest BCUT2D eigenvalue weighted by Gasteiger charge is -2.07. The molecule has 0 bridgehead atoms. The number of aryl methyl sites for hydroxylation is 1. The smallest absolute Gasteiger partial charge is 0.338 e. The Morgan fingerprint density at radius 2 is 1.56 bits per heavy atom. The van der Waals surface area contributed by atoms with Crippen LogP contribution < -0.4 is 4.74 Å². The average Bonchev–Trinajstić information content (AvgIpc) is 3.45. The molecule has 7 nitrogen and oxygen atoms in total. The number of esters is 1. The number of aliphatic hydroxyl groups is 2. The van der Waals surface area contributed by atoms with Crippen molar-refractivity contribution >= 4 is 5.97 Å². The minimum absolute atomic E-state index is 0.118. The van der Waals surface area contributed by atoms with Crippen molar-refractivity contribution in [3.63, 3.8) is 0 Å². The van der Waals surface area contributed by atoms with Gasteiger partial charge in [-0.3, -0.25) is 0 Å². The SMILES string of the molecule is C1CCCCC1.CC.COC(=O)c1c(C)cccc1CO.COc1cccc(-c2nc(CO)co2)c1. The van der Waals surface area contributed by atoms with Crippen molar-refractivity contribution in [1.29, 1.82) is 0 Å². The molecular formula is C29H41NO6. The van der Waals surface area contributed by atoms with E-state index in [1.807, 2.05) is 51.1 Å². The summed E-state index contributed by atoms with van der Waals surface area (Å²) in [7, 11) is 2.93. The van der Waals surface area contributed by atoms with Gasteiger partial charge in [0.25, 0.3) is 0 Å². The Labute approximate surface area is 215 Å². The molecule has 1 aliphatic carbocycles. The highest BCUT2D eigenvalue weighted by atomic mass is 16.5. The Balaban J connectivity index is 0.000000280. The quantitative estimate of drug-likeness (QED) is 0.387. The third kappa shape index (κ3) is 10.2. The van der Waals surface area contributed by atoms with E-state index in [9.17, 15) is 4.79 Å². The number of methoxy groups -OCH3 is 2. The Kier molecular flexibility index (Phi) is 15.6. The summed E-state index contributed by atoms with van der Waals surface area (Å²) in [5.74, 6) is 0.830. The number of benzene rings is 2. The van der Waals surface area contributed by atoms with Gasteiger partial charge < -0.3 is 24.1 Å². The molecule has 4 rings (SSSR count). The van der Waals surface area contributed by atoms with Crippen molar-refractivity contribution in [2.45, 2.75) is 72.5 Å². The molecule has 3 aromatic rings. The molecule has 0 amide bonds. The predicted octanol–water partition coefficient (Wildman–Crippen LogP) is 6.48. The largest absolute Gasteiger partial charge is 0.497 e. The fourth-order valence-electron chi connectivity index (χ4n) is 3.58. The van der Waals surface area contributed by atoms with E-state index in [0.717, 1.165) is 16.9 Å². The van der Waals surface area contributed by atoms with Gasteiger partial charge in [-0.1, -0.05) is 76.6 Å². The van der Waals surface area contributed by atoms with Gasteiger partial charge >= 0.3 is 5.97 Å². The summed E-state index contributed by atoms with van der Waals surface area (Å²) in [6.07, 6.45) is 10.4. The highest BCUT2D eigenvalue weighted by molar-refractivity contribution is 5.92. The van der Waals surface area contributed by atoms with Gasteiger partial charge in [-0.05, 0) is 36.2 Å². The topological polar surface area (TPSA) is 102 Å². The first-order valence-corrected chi connectivity index (χ1v) is 12.5. The number of aromatic nitrogens is 1. The molecule has 36 heavy (non-hydrogen) atoms. The van der Waals surface area contributed by atoms with Crippen molar-refractivity contribution in [3.05, 3.63) is 71.1 Å². The average molecular weight is 500 g/mol. The van der Waals surface area contributed by atoms with Crippen LogP contribution in [0.15, 0.2) is 53.1 Å². The molecule has 1 saturated carbocycles. The number of ether oxygens (including phenoxy) is 2. The summed E-state index contributed by atoms with van der Waals surface area (Å²) in [5.41, 5.74) is 3.24. The maximum atomic E-state index is 11.3. The molecule has 1 heterocycles. The van der Waals surface area contributed by atoms with E-state index in [4.69, 9.17) is 19.4 Å². The Bertz CT molecular complexity index is 999. The van der Waals surface area contributed by atoms with Crippen LogP contribution in [-0.4, -0.2) is 35.4 Å². The third-order valence-electron chi connectivity index (χ3n) is 5.45. The Morgan fingerprint density at radius 3 is 2.06 bits per heavy atom. The molecule has 0 atom stereocenters. The minimum Gasteiger partial charge on any atom is -0.497 e. The molecular weight excluding hydrogens is 458 g/mol. The van der Waals surface area contributed by atoms with Gasteiger partial charge in [-0.2, -0.15) is 0 Å². The van der Waals surface area contributed by atoms with Gasteiger partial charge in [0.15, 0.2) is 0 Å². The minimum atomic E-state index is -0.401. The Hall–Kier alpha value is -3.16. The van der Waals surface area contributed by atoms with Gasteiger partial charge in [0, 0.05) is 5.56 Å². The summed E-state index contributed by atoms with van der Waals surface area (Å²) in [4.78, 5) is 15.4. The number of rotatable bonds is 5. The van der Waals surface area contributed by atoms with Crippen LogP contribution >= 0.6 is 0 Å². The summed E-state index contributed by atoms with van der Waals surface area (Å²) < 4.78 is 14.9. The molecule has 1 aromatic heterocycles. The zero-order valence-corrected chi connectivity index (χ0v) is 22.3. The second-order valence-corrected chi connectivity index (χ2v) is 7.91. The molecule has 1 fully saturated rings. The monoisotopic (exact) mass is 499 g/mol. The van der Waals surface area contributed by atoms with Gasteiger partial charge in [0.2, 0.25) is 5.89 Å². The summed E-state index contributed by atoms with van der Waals surface area (Å²) >= 11 is 0. The Morgan fingerprint density at radius 1 is 0.944 bits per heavy atom. The summed E-state index contributed by atoms with van der Waals surface area (Å²) in [6.45, 7) is 5.55. The first-order chi connectivity index (χ1) is 17.5. The number of hydrogen-bond acceptors (Lipinski definition) is 7. The zero-order valence-electron chi connectivity index (χ0n) is 22.3. The number of nitrogens with zero attached hydrogens (tertiary/aromatic N) is 1. The molecule has 0 aliphatic heterocycles. The maximum absolute atomic E-state index is 11.3. The predicted molar refractivity (Wildman–Crippen MR) is 142 cm³/mol. The van der Waals surface area contributed by atoms with E-state index >= 15 is 0 Å². The molecule has 0 spiro atoms. The van der Waals surface area contributed by atoms with Gasteiger partial charge in [-0.15, -0.1) is 0 Å². The first-order valence-electron chi connectivity index (χ1n) is 12.5. The third-order valence-corrected chi connectivity index (χ3v) is 5.45. The number of hydrogen-bond donors (Lipinski definition) is 2. The normalized spacial score (nSPS) is 12.0. The van der Waals surface area contributed by atoms with Crippen LogP contribution in [0.1, 0.15) is 79.6 Å². The number of carbonyl (C=O) groups excluding carboxylic acids is 1. The van der Waals surface area contributed by atoms with Crippen LogP contribution in [0.3, 0.4) is 0 Å². The second-order valence-electron chi connectivity index (χ2n) is 7.91. The number of oxazole rings is 1. The van der Waals surface area contributed by atoms with Crippen molar-refractivity contribution in [2.75, 3.05) is 14.2 Å². The fraction of sp³-hybridized carbons (Fsp3) is 0.448. The van der Waals surface area contributed by atoms with Crippen LogP contribution in [0.4, 0.5) is 0 Å². The lowest BCUT2D eigenvalue weighted by Crippen LogP contribution is -2.07. The highest BCUT2D eigenvalue weighted by Crippen LogP contribution is 2.23. The van der Waals surface area contributed by atoms with Gasteiger partial charge in [0.05, 0.1) is 33.0 Å². The molecule has 7 heteroatoms. The molecule has 0 radical (unpaired) electrons. The molecule has 0 saturated heterocycles. The molecule has 1 aliphatic rings. The van der Waals surface area contributed by atoms with Crippen molar-refractivity contribution in [3.8, 4) is 17.2 Å². The van der Waals surface area contributed by atoms with E-state index in [2.05, 4.69) is 9.72 Å². The first kappa shape index (κ1) is 30.9. The van der Waals surface area contributed by atoms with Gasteiger partial charge in [-0.25, -0.2) is 9.78 Å². The summed E-state index contributed by atoms with van der Waals surface area (Å²) in [5, 5.41) is 17.8. The summed E-state index contributed by atoms with van der Waals surface area (Å²) in [6, 6.07) is 12.7. The standard InChI is InChI=1S/C11H11NO3.C10H12O3.C6H12.C2H6/c1-14-10-4-2-3-8(5-10)11-12-9(6-13)7-15-11;1-7-4-3-5-8(6-11)9(7)10(12)13-2;1-2-4-6-5-3-1;1-2/h2-5,7,13H,6H2,1H3;3-5,11H,6H2,1-2H3;1-6H2;1-2H3. The van der Waals surface area contributed by atoms with Crippen LogP contribution in [-0.2, 0) is 18.0 Å². The lowest BCUT2D eigenvalue weighted by molar-refractivity contribution is 0.0596. The van der Waals surface area contributed by atoms with Crippen LogP contribution in [0.2, 0.25) is 0 Å².